The Kier molecular flexibility index (Phi) is 3.37. The minimum absolute atomic E-state index is 0.935. The number of hydrogen-bond donors (Lipinski definition) is 2. The van der Waals surface area contributed by atoms with Crippen molar-refractivity contribution >= 4 is 22.1 Å². The van der Waals surface area contributed by atoms with E-state index >= 15 is 0 Å². The number of nitrogens with zero attached hydrogens (tertiary/aromatic N) is 2. The molecule has 23 heavy (non-hydrogen) atoms. The van der Waals surface area contributed by atoms with Crippen LogP contribution in [0.4, 0.5) is 0 Å². The van der Waals surface area contributed by atoms with Gasteiger partial charge in [-0.2, -0.15) is 0 Å². The van der Waals surface area contributed by atoms with E-state index in [0.717, 1.165) is 53.0 Å². The van der Waals surface area contributed by atoms with E-state index in [9.17, 15) is 0 Å². The third kappa shape index (κ3) is 2.61. The van der Waals surface area contributed by atoms with Crippen LogP contribution in [0.2, 0.25) is 0 Å². The molecule has 4 heteroatoms. The number of H-pyrrole nitrogens is 2. The van der Waals surface area contributed by atoms with Gasteiger partial charge in [0.05, 0.1) is 22.1 Å². The van der Waals surface area contributed by atoms with Crippen molar-refractivity contribution in [1.82, 2.24) is 19.9 Å². The Balaban J connectivity index is 1.47. The smallest absolute Gasteiger partial charge is 0.107 e. The highest BCUT2D eigenvalue weighted by Crippen LogP contribution is 2.18. The maximum Gasteiger partial charge on any atom is 0.107 e. The number of fused-ring (bicyclic) bond motifs is 2. The molecule has 0 aliphatic rings. The topological polar surface area (TPSA) is 57.4 Å². The summed E-state index contributed by atoms with van der Waals surface area (Å²) in [7, 11) is 0. The van der Waals surface area contributed by atoms with Gasteiger partial charge in [-0.05, 0) is 43.5 Å². The summed E-state index contributed by atoms with van der Waals surface area (Å²) in [6.45, 7) is 4.20. The van der Waals surface area contributed by atoms with Crippen LogP contribution in [0.3, 0.4) is 0 Å². The van der Waals surface area contributed by atoms with Crippen LogP contribution in [0.1, 0.15) is 29.2 Å². The molecule has 2 aromatic carbocycles. The van der Waals surface area contributed by atoms with E-state index in [1.807, 2.05) is 0 Å². The monoisotopic (exact) mass is 304 g/mol. The average Bonchev–Trinajstić information content (AvgIpc) is 3.12. The normalized spacial score (nSPS) is 11.6. The summed E-state index contributed by atoms with van der Waals surface area (Å²) in [5.41, 5.74) is 6.86. The first-order valence-electron chi connectivity index (χ1n) is 8.09. The van der Waals surface area contributed by atoms with Crippen molar-refractivity contribution in [3.8, 4) is 0 Å². The first-order chi connectivity index (χ1) is 11.2. The van der Waals surface area contributed by atoms with Crippen LogP contribution in [0, 0.1) is 13.8 Å². The van der Waals surface area contributed by atoms with Crippen molar-refractivity contribution in [2.24, 2.45) is 0 Å². The number of aromatic nitrogens is 4. The molecule has 0 unspecified atom stereocenters. The van der Waals surface area contributed by atoms with Crippen LogP contribution in [0.15, 0.2) is 36.4 Å². The lowest BCUT2D eigenvalue weighted by Crippen LogP contribution is -1.93. The predicted molar refractivity (Wildman–Crippen MR) is 93.7 cm³/mol. The Bertz CT molecular complexity index is 898. The second-order valence-corrected chi connectivity index (χ2v) is 6.16. The molecule has 0 saturated carbocycles. The molecule has 0 bridgehead atoms. The van der Waals surface area contributed by atoms with Crippen molar-refractivity contribution in [2.75, 3.05) is 0 Å². The van der Waals surface area contributed by atoms with Gasteiger partial charge < -0.3 is 9.97 Å². The molecule has 4 nitrogen and oxygen atoms in total. The number of aromatic amines is 2. The average molecular weight is 304 g/mol. The minimum atomic E-state index is 0.935. The van der Waals surface area contributed by atoms with E-state index in [-0.39, 0.29) is 0 Å². The molecule has 2 heterocycles. The molecule has 0 saturated heterocycles. The Hall–Kier alpha value is -2.62. The van der Waals surface area contributed by atoms with Gasteiger partial charge >= 0.3 is 0 Å². The molecule has 2 N–H and O–H groups in total. The zero-order valence-electron chi connectivity index (χ0n) is 13.5. The highest BCUT2D eigenvalue weighted by Gasteiger charge is 2.07. The minimum Gasteiger partial charge on any atom is -0.342 e. The van der Waals surface area contributed by atoms with Crippen LogP contribution in [-0.4, -0.2) is 19.9 Å². The lowest BCUT2D eigenvalue weighted by molar-refractivity contribution is 0.759. The molecular formula is C19H20N4. The van der Waals surface area contributed by atoms with E-state index in [2.05, 4.69) is 60.2 Å². The van der Waals surface area contributed by atoms with Crippen molar-refractivity contribution in [3.05, 3.63) is 59.2 Å². The quantitative estimate of drug-likeness (QED) is 0.592. The standard InChI is InChI=1S/C19H20N4/c1-12-6-3-8-14-18(12)22-16(20-14)10-5-11-17-21-15-9-4-7-13(2)19(15)23-17/h3-4,6-9H,5,10-11H2,1-2H3,(H,20,22)(H,21,23). The zero-order valence-corrected chi connectivity index (χ0v) is 13.5. The van der Waals surface area contributed by atoms with Gasteiger partial charge in [-0.1, -0.05) is 24.3 Å². The van der Waals surface area contributed by atoms with Gasteiger partial charge in [0.1, 0.15) is 11.6 Å². The van der Waals surface area contributed by atoms with Gasteiger partial charge in [-0.15, -0.1) is 0 Å². The van der Waals surface area contributed by atoms with Crippen LogP contribution in [0.5, 0.6) is 0 Å². The van der Waals surface area contributed by atoms with Crippen LogP contribution >= 0.6 is 0 Å². The number of para-hydroxylation sites is 2. The fourth-order valence-corrected chi connectivity index (χ4v) is 3.11. The van der Waals surface area contributed by atoms with E-state index < -0.39 is 0 Å². The molecule has 0 fully saturated rings. The molecular weight excluding hydrogens is 284 g/mol. The van der Waals surface area contributed by atoms with E-state index in [4.69, 9.17) is 9.97 Å². The number of benzene rings is 2. The van der Waals surface area contributed by atoms with E-state index in [1.54, 1.807) is 0 Å². The summed E-state index contributed by atoms with van der Waals surface area (Å²) < 4.78 is 0. The van der Waals surface area contributed by atoms with Crippen molar-refractivity contribution in [2.45, 2.75) is 33.1 Å². The summed E-state index contributed by atoms with van der Waals surface area (Å²) in [6.07, 6.45) is 2.89. The second kappa shape index (κ2) is 5.54. The van der Waals surface area contributed by atoms with Gasteiger partial charge in [-0.3, -0.25) is 0 Å². The number of aryl methyl sites for hydroxylation is 4. The molecule has 0 radical (unpaired) electrons. The third-order valence-electron chi connectivity index (χ3n) is 4.35. The third-order valence-corrected chi connectivity index (χ3v) is 4.35. The Morgan fingerprint density at radius 2 is 1.22 bits per heavy atom. The van der Waals surface area contributed by atoms with Gasteiger partial charge in [0.25, 0.3) is 0 Å². The van der Waals surface area contributed by atoms with Gasteiger partial charge in [0, 0.05) is 12.8 Å². The van der Waals surface area contributed by atoms with Gasteiger partial charge in [-0.25, -0.2) is 9.97 Å². The largest absolute Gasteiger partial charge is 0.342 e. The van der Waals surface area contributed by atoms with Gasteiger partial charge in [0.2, 0.25) is 0 Å². The van der Waals surface area contributed by atoms with Crippen LogP contribution in [0.25, 0.3) is 22.1 Å². The van der Waals surface area contributed by atoms with Crippen molar-refractivity contribution < 1.29 is 0 Å². The summed E-state index contributed by atoms with van der Waals surface area (Å²) in [4.78, 5) is 16.3. The molecule has 116 valence electrons. The molecule has 0 atom stereocenters. The first kappa shape index (κ1) is 14.0. The first-order valence-corrected chi connectivity index (χ1v) is 8.09. The van der Waals surface area contributed by atoms with E-state index in [1.165, 1.54) is 11.1 Å². The maximum atomic E-state index is 4.71. The summed E-state index contributed by atoms with van der Waals surface area (Å²) in [5.74, 6) is 2.11. The molecule has 2 aromatic heterocycles. The molecule has 0 amide bonds. The Labute approximate surface area is 135 Å². The van der Waals surface area contributed by atoms with Crippen LogP contribution in [-0.2, 0) is 12.8 Å². The number of rotatable bonds is 4. The highest BCUT2D eigenvalue weighted by molar-refractivity contribution is 5.79. The molecule has 0 spiro atoms. The fraction of sp³-hybridized carbons (Fsp3) is 0.263. The number of hydrogen-bond acceptors (Lipinski definition) is 2. The zero-order chi connectivity index (χ0) is 15.8. The SMILES string of the molecule is Cc1cccc2[nH]c(CCCc3nc4c(C)cccc4[nH]3)nc12. The fourth-order valence-electron chi connectivity index (χ4n) is 3.11. The van der Waals surface area contributed by atoms with Crippen LogP contribution < -0.4 is 0 Å². The summed E-state index contributed by atoms with van der Waals surface area (Å²) >= 11 is 0. The van der Waals surface area contributed by atoms with Crippen molar-refractivity contribution in [1.29, 1.82) is 0 Å². The molecule has 4 aromatic rings. The number of nitrogens with one attached hydrogen (secondary N) is 2. The Morgan fingerprint density at radius 1 is 0.739 bits per heavy atom. The lowest BCUT2D eigenvalue weighted by atomic mass is 10.2. The lowest BCUT2D eigenvalue weighted by Gasteiger charge is -1.95. The molecule has 0 aliphatic heterocycles. The molecule has 0 aliphatic carbocycles. The Morgan fingerprint density at radius 3 is 1.65 bits per heavy atom. The number of imidazole rings is 2. The van der Waals surface area contributed by atoms with Gasteiger partial charge in [0.15, 0.2) is 0 Å². The van der Waals surface area contributed by atoms with Crippen molar-refractivity contribution in [3.63, 3.8) is 0 Å². The summed E-state index contributed by atoms with van der Waals surface area (Å²) in [5, 5.41) is 0. The molecule has 4 rings (SSSR count). The maximum absolute atomic E-state index is 4.71. The predicted octanol–water partition coefficient (Wildman–Crippen LogP) is 4.23. The summed E-state index contributed by atoms with van der Waals surface area (Å²) in [6, 6.07) is 12.5. The van der Waals surface area contributed by atoms with E-state index in [0.29, 0.717) is 0 Å². The highest BCUT2D eigenvalue weighted by atomic mass is 14.9. The second-order valence-electron chi connectivity index (χ2n) is 6.16.